The zero-order valence-corrected chi connectivity index (χ0v) is 20.0. The molecule has 0 bridgehead atoms. The van der Waals surface area contributed by atoms with E-state index >= 15 is 0 Å². The van der Waals surface area contributed by atoms with Crippen LogP contribution in [0.2, 0.25) is 0 Å². The Kier molecular flexibility index (Phi) is 10.2. The number of fused-ring (bicyclic) bond motifs is 1. The molecule has 1 saturated heterocycles. The first-order chi connectivity index (χ1) is 17.1. The van der Waals surface area contributed by atoms with E-state index in [1.165, 1.54) is 4.90 Å². The molecule has 2 heterocycles. The van der Waals surface area contributed by atoms with Gasteiger partial charge in [0, 0.05) is 18.5 Å². The third-order valence-electron chi connectivity index (χ3n) is 5.29. The van der Waals surface area contributed by atoms with Gasteiger partial charge in [-0.3, -0.25) is 9.59 Å². The number of carbonyl (C=O) groups excluding carboxylic acids is 4. The summed E-state index contributed by atoms with van der Waals surface area (Å²) in [6.07, 6.45) is -7.10. The molecule has 0 spiro atoms. The van der Waals surface area contributed by atoms with Gasteiger partial charge in [0.1, 0.15) is 5.75 Å². The Morgan fingerprint density at radius 2 is 1.59 bits per heavy atom. The van der Waals surface area contributed by atoms with Crippen LogP contribution in [0, 0.1) is 5.92 Å². The molecule has 0 N–H and O–H groups in total. The van der Waals surface area contributed by atoms with Crippen molar-refractivity contribution in [3.05, 3.63) is 29.3 Å². The molecule has 1 amide bonds. The summed E-state index contributed by atoms with van der Waals surface area (Å²) in [5.41, 5.74) is 1.89. The van der Waals surface area contributed by atoms with Gasteiger partial charge in [-0.1, -0.05) is 19.1 Å². The van der Waals surface area contributed by atoms with Crippen LogP contribution < -0.4 is 4.74 Å². The van der Waals surface area contributed by atoms with E-state index in [2.05, 4.69) is 21.1 Å². The molecule has 0 radical (unpaired) electrons. The Bertz CT molecular complexity index is 1010. The second-order valence-electron chi connectivity index (χ2n) is 8.23. The summed E-state index contributed by atoms with van der Waals surface area (Å²) in [7, 11) is 0. The van der Waals surface area contributed by atoms with Crippen LogP contribution in [0.3, 0.4) is 0 Å². The number of ether oxygens (including phenoxy) is 3. The number of nitrogens with zero attached hydrogens (tertiary/aromatic N) is 1. The first-order valence-corrected chi connectivity index (χ1v) is 11.2. The van der Waals surface area contributed by atoms with E-state index < -0.39 is 48.7 Å². The zero-order chi connectivity index (χ0) is 28.0. The zero-order valence-electron chi connectivity index (χ0n) is 19.3. The molecule has 1 fully saturated rings. The molecular formula is C22H22ClF6NO7. The van der Waals surface area contributed by atoms with Gasteiger partial charge in [-0.25, -0.2) is 9.59 Å². The number of esters is 2. The predicted octanol–water partition coefficient (Wildman–Crippen LogP) is 3.88. The van der Waals surface area contributed by atoms with Gasteiger partial charge in [-0.05, 0) is 42.0 Å². The molecule has 1 aromatic rings. The van der Waals surface area contributed by atoms with Crippen molar-refractivity contribution >= 4 is 34.7 Å². The van der Waals surface area contributed by atoms with Crippen molar-refractivity contribution in [3.8, 4) is 5.75 Å². The molecule has 2 atom stereocenters. The van der Waals surface area contributed by atoms with Gasteiger partial charge in [0.2, 0.25) is 0 Å². The lowest BCUT2D eigenvalue weighted by molar-refractivity contribution is -0.190. The van der Waals surface area contributed by atoms with Crippen molar-refractivity contribution in [1.29, 1.82) is 0 Å². The predicted molar refractivity (Wildman–Crippen MR) is 113 cm³/mol. The van der Waals surface area contributed by atoms with Crippen LogP contribution in [-0.2, 0) is 35.1 Å². The number of likely N-dealkylation sites (tertiary alicyclic amines) is 1. The van der Waals surface area contributed by atoms with Crippen molar-refractivity contribution in [1.82, 2.24) is 4.90 Å². The van der Waals surface area contributed by atoms with E-state index in [4.69, 9.17) is 4.74 Å². The van der Waals surface area contributed by atoms with E-state index in [1.807, 2.05) is 25.1 Å². The summed E-state index contributed by atoms with van der Waals surface area (Å²) >= 11 is 4.48. The van der Waals surface area contributed by atoms with E-state index in [0.717, 1.165) is 23.3 Å². The van der Waals surface area contributed by atoms with E-state index in [-0.39, 0.29) is 12.0 Å². The van der Waals surface area contributed by atoms with Gasteiger partial charge >= 0.3 is 35.4 Å². The molecule has 0 aromatic heterocycles. The highest BCUT2D eigenvalue weighted by Crippen LogP contribution is 2.39. The minimum Gasteiger partial charge on any atom is -0.493 e. The number of rotatable bonds is 4. The van der Waals surface area contributed by atoms with Crippen LogP contribution in [0.1, 0.15) is 36.9 Å². The number of halogens is 7. The number of hydrogen-bond acceptors (Lipinski definition) is 7. The fourth-order valence-corrected chi connectivity index (χ4v) is 3.85. The highest BCUT2D eigenvalue weighted by atomic mass is 35.5. The Morgan fingerprint density at radius 3 is 2.16 bits per heavy atom. The number of piperidine rings is 1. The Hall–Kier alpha value is -3.03. The maximum atomic E-state index is 12.5. The SMILES string of the molecule is C[C@H]1CC[C@H](c2cccc3c2CCO3)N(C(=O)C(=O)OCC(F)(F)F)C1.O=C(Cl)C(=O)OCC(F)(F)F. The molecule has 0 saturated carbocycles. The lowest BCUT2D eigenvalue weighted by Crippen LogP contribution is -2.46. The van der Waals surface area contributed by atoms with Crippen molar-refractivity contribution in [2.75, 3.05) is 26.4 Å². The molecule has 2 aliphatic heterocycles. The molecule has 2 aliphatic rings. The van der Waals surface area contributed by atoms with E-state index in [0.29, 0.717) is 26.0 Å². The van der Waals surface area contributed by atoms with Crippen LogP contribution in [0.4, 0.5) is 26.3 Å². The first kappa shape index (κ1) is 30.2. The largest absolute Gasteiger partial charge is 0.493 e. The molecule has 206 valence electrons. The summed E-state index contributed by atoms with van der Waals surface area (Å²) in [6, 6.07) is 5.19. The van der Waals surface area contributed by atoms with Crippen LogP contribution >= 0.6 is 11.6 Å². The van der Waals surface area contributed by atoms with Gasteiger partial charge in [0.05, 0.1) is 12.6 Å². The quantitative estimate of drug-likeness (QED) is 0.238. The Morgan fingerprint density at radius 1 is 1.00 bits per heavy atom. The van der Waals surface area contributed by atoms with Crippen LogP contribution in [0.15, 0.2) is 18.2 Å². The number of hydrogen-bond donors (Lipinski definition) is 0. The second-order valence-corrected chi connectivity index (χ2v) is 8.58. The monoisotopic (exact) mass is 561 g/mol. The molecule has 0 unspecified atom stereocenters. The fourth-order valence-electron chi connectivity index (χ4n) is 3.79. The molecule has 8 nitrogen and oxygen atoms in total. The van der Waals surface area contributed by atoms with Gasteiger partial charge in [0.15, 0.2) is 13.2 Å². The van der Waals surface area contributed by atoms with Gasteiger partial charge < -0.3 is 19.1 Å². The molecule has 37 heavy (non-hydrogen) atoms. The molecule has 3 rings (SSSR count). The lowest BCUT2D eigenvalue weighted by atomic mass is 9.87. The van der Waals surface area contributed by atoms with Crippen molar-refractivity contribution in [2.45, 2.75) is 44.6 Å². The maximum absolute atomic E-state index is 12.5. The van der Waals surface area contributed by atoms with Crippen molar-refractivity contribution < 1.29 is 59.7 Å². The third-order valence-corrected chi connectivity index (χ3v) is 5.44. The van der Waals surface area contributed by atoms with E-state index in [1.54, 1.807) is 0 Å². The number of alkyl halides is 6. The van der Waals surface area contributed by atoms with Crippen molar-refractivity contribution in [2.24, 2.45) is 5.92 Å². The number of carbonyl (C=O) groups is 4. The summed E-state index contributed by atoms with van der Waals surface area (Å²) in [5, 5.41) is -1.57. The normalized spacial score (nSPS) is 19.1. The molecule has 0 aliphatic carbocycles. The minimum absolute atomic E-state index is 0.152. The van der Waals surface area contributed by atoms with Crippen molar-refractivity contribution in [3.63, 3.8) is 0 Å². The summed E-state index contributed by atoms with van der Waals surface area (Å²) < 4.78 is 83.6. The number of benzene rings is 1. The van der Waals surface area contributed by atoms with Crippen LogP contribution in [0.25, 0.3) is 0 Å². The highest BCUT2D eigenvalue weighted by molar-refractivity contribution is 6.80. The first-order valence-electron chi connectivity index (χ1n) is 10.8. The van der Waals surface area contributed by atoms with Gasteiger partial charge in [0.25, 0.3) is 0 Å². The maximum Gasteiger partial charge on any atom is 0.422 e. The highest BCUT2D eigenvalue weighted by Gasteiger charge is 2.38. The van der Waals surface area contributed by atoms with Gasteiger partial charge in [-0.2, -0.15) is 26.3 Å². The molecule has 1 aromatic carbocycles. The second kappa shape index (κ2) is 12.5. The smallest absolute Gasteiger partial charge is 0.422 e. The fraction of sp³-hybridized carbons (Fsp3) is 0.545. The Balaban J connectivity index is 0.000000371. The van der Waals surface area contributed by atoms with Crippen LogP contribution in [0.5, 0.6) is 5.75 Å². The lowest BCUT2D eigenvalue weighted by Gasteiger charge is -2.39. The minimum atomic E-state index is -4.66. The standard InChI is InChI=1S/C18H20F3NO4.C4H2ClF3O3/c1-11-5-6-14(12-3-2-4-15-13(12)7-8-25-15)22(9-11)16(23)17(24)26-10-18(19,20)21;5-2(9)3(10)11-1-4(6,7)8/h2-4,11,14H,5-10H2,1H3;1H2/t11-,14+;/m0./s1. The average Bonchev–Trinajstić information content (AvgIpc) is 3.29. The topological polar surface area (TPSA) is 99.2 Å². The molecular weight excluding hydrogens is 540 g/mol. The summed E-state index contributed by atoms with van der Waals surface area (Å²) in [4.78, 5) is 45.5. The third kappa shape index (κ3) is 9.41. The number of amides is 1. The summed E-state index contributed by atoms with van der Waals surface area (Å²) in [5.74, 6) is -3.29. The van der Waals surface area contributed by atoms with Gasteiger partial charge in [-0.15, -0.1) is 0 Å². The average molecular weight is 562 g/mol. The van der Waals surface area contributed by atoms with Crippen LogP contribution in [-0.4, -0.2) is 66.7 Å². The van der Waals surface area contributed by atoms with E-state index in [9.17, 15) is 45.5 Å². The summed E-state index contributed by atoms with van der Waals surface area (Å²) in [6.45, 7) is -0.771. The Labute approximate surface area is 211 Å². The molecule has 15 heteroatoms.